The van der Waals surface area contributed by atoms with E-state index < -0.39 is 39.9 Å². The average Bonchev–Trinajstić information content (AvgIpc) is 3.10. The average molecular weight is 910 g/mol. The second kappa shape index (κ2) is 17.1. The molecule has 0 amide bonds. The van der Waals surface area contributed by atoms with Gasteiger partial charge < -0.3 is 19.3 Å². The van der Waals surface area contributed by atoms with Crippen molar-refractivity contribution >= 4 is 125 Å². The monoisotopic (exact) mass is 910 g/mol. The van der Waals surface area contributed by atoms with Gasteiger partial charge in [0.05, 0.1) is 31.0 Å². The van der Waals surface area contributed by atoms with E-state index in [0.29, 0.717) is 33.3 Å². The first-order valence-corrected chi connectivity index (χ1v) is 17.9. The molecule has 6 aromatic carbocycles. The molecular weight excluding hydrogens is 886 g/mol. The molecule has 0 aliphatic carbocycles. The number of hydrogen-bond acceptors (Lipinski definition) is 16. The smallest absolute Gasteiger partial charge is 0.744 e. The van der Waals surface area contributed by atoms with Gasteiger partial charge in [-0.1, -0.05) is 36.4 Å². The number of benzene rings is 6. The molecule has 0 unspecified atom stereocenters. The third-order valence-electron chi connectivity index (χ3n) is 7.75. The number of non-ortho nitro benzene ring substituents is 2. The zero-order valence-electron chi connectivity index (χ0n) is 28.4. The molecule has 18 nitrogen and oxygen atoms in total. The number of nitrogens with zero attached hydrogens (tertiary/aromatic N) is 6. The third-order valence-corrected chi connectivity index (χ3v) is 9.51. The minimum Gasteiger partial charge on any atom is -0.744 e. The van der Waals surface area contributed by atoms with Crippen LogP contribution < -0.4 is 0 Å². The van der Waals surface area contributed by atoms with Crippen molar-refractivity contribution in [3.05, 3.63) is 128 Å². The zero-order valence-corrected chi connectivity index (χ0v) is 34.5. The van der Waals surface area contributed by atoms with Crippen molar-refractivity contribution in [1.29, 1.82) is 0 Å². The summed E-state index contributed by atoms with van der Waals surface area (Å²) in [4.78, 5) is 19.5. The Kier molecular flexibility index (Phi) is 13.2. The predicted molar refractivity (Wildman–Crippen MR) is 197 cm³/mol. The summed E-state index contributed by atoms with van der Waals surface area (Å²) in [5, 5.41) is 58.3. The Morgan fingerprint density at radius 2 is 0.909 bits per heavy atom. The Morgan fingerprint density at radius 1 is 0.545 bits per heavy atom. The molecule has 0 atom stereocenters. The van der Waals surface area contributed by atoms with E-state index in [1.165, 1.54) is 72.8 Å². The third kappa shape index (κ3) is 9.75. The first-order valence-electron chi connectivity index (χ1n) is 15.1. The predicted octanol–water partition coefficient (Wildman–Crippen LogP) is 7.78. The fraction of sp³-hybridized carbons (Fsp3) is 0.0588. The van der Waals surface area contributed by atoms with Gasteiger partial charge in [-0.2, -0.15) is 10.2 Å². The molecule has 0 spiro atoms. The van der Waals surface area contributed by atoms with E-state index in [4.69, 9.17) is 0 Å². The summed E-state index contributed by atoms with van der Waals surface area (Å²) >= 11 is 0. The molecule has 0 fully saturated rings. The fourth-order valence-electron chi connectivity index (χ4n) is 5.19. The Hall–Kier alpha value is -5.17. The Balaban J connectivity index is 0.000000240. The van der Waals surface area contributed by atoms with Crippen LogP contribution in [0.4, 0.5) is 34.1 Å². The first kappa shape index (κ1) is 42.6. The number of phenols is 2. The maximum atomic E-state index is 11.6. The molecule has 0 bridgehead atoms. The van der Waals surface area contributed by atoms with Crippen molar-refractivity contribution in [2.75, 3.05) is 0 Å². The quantitative estimate of drug-likeness (QED) is 0.0486. The van der Waals surface area contributed by atoms with Gasteiger partial charge in [-0.3, -0.25) is 20.2 Å². The van der Waals surface area contributed by atoms with Crippen LogP contribution in [0.15, 0.2) is 127 Å². The van der Waals surface area contributed by atoms with Crippen LogP contribution in [0.5, 0.6) is 11.5 Å². The Labute approximate surface area is 351 Å². The zero-order chi connectivity index (χ0) is 39.5. The van der Waals surface area contributed by atoms with Crippen molar-refractivity contribution in [2.24, 2.45) is 20.5 Å². The summed E-state index contributed by atoms with van der Waals surface area (Å²) in [6.07, 6.45) is 0. The van der Waals surface area contributed by atoms with Crippen LogP contribution >= 0.6 is 0 Å². The van der Waals surface area contributed by atoms with Gasteiger partial charge in [0.15, 0.2) is 0 Å². The summed E-state index contributed by atoms with van der Waals surface area (Å²) in [5.74, 6) is -0.719. The van der Waals surface area contributed by atoms with Crippen LogP contribution in [0, 0.1) is 34.1 Å². The SMILES string of the molecule is Cc1cc([N+](=O)[O-])ccc1N=Nc1c(O)ccc2cccc(S(=O)(=O)[O-])c12.Cc1cc([N+](=O)[O-])ccc1N=Nc1c(O)ccc2cccc(S(=O)(=O)[O-])c12.[Ba+2]. The van der Waals surface area contributed by atoms with Crippen molar-refractivity contribution in [1.82, 2.24) is 0 Å². The molecule has 0 radical (unpaired) electrons. The van der Waals surface area contributed by atoms with Gasteiger partial charge in [0.2, 0.25) is 0 Å². The number of aromatic hydroxyl groups is 2. The van der Waals surface area contributed by atoms with Crippen LogP contribution in [0.1, 0.15) is 11.1 Å². The summed E-state index contributed by atoms with van der Waals surface area (Å²) in [5.41, 5.74) is 0.923. The van der Waals surface area contributed by atoms with Gasteiger partial charge in [0, 0.05) is 35.0 Å². The second-order valence-electron chi connectivity index (χ2n) is 11.3. The molecule has 6 rings (SSSR count). The number of nitro benzene ring substituents is 2. The fourth-order valence-corrected chi connectivity index (χ4v) is 6.61. The molecule has 0 saturated heterocycles. The molecule has 0 aromatic heterocycles. The van der Waals surface area contributed by atoms with E-state index in [-0.39, 0.29) is 93.9 Å². The van der Waals surface area contributed by atoms with Gasteiger partial charge in [-0.15, -0.1) is 10.2 Å². The second-order valence-corrected chi connectivity index (χ2v) is 14.0. The minimum atomic E-state index is -4.81. The molecule has 0 aliphatic heterocycles. The topological polar surface area (TPSA) is 291 Å². The molecule has 0 heterocycles. The number of fused-ring (bicyclic) bond motifs is 2. The van der Waals surface area contributed by atoms with Crippen LogP contribution in [-0.2, 0) is 20.2 Å². The van der Waals surface area contributed by atoms with Gasteiger partial charge >= 0.3 is 48.9 Å². The molecule has 276 valence electrons. The summed E-state index contributed by atoms with van der Waals surface area (Å²) < 4.78 is 69.4. The van der Waals surface area contributed by atoms with Crippen molar-refractivity contribution in [3.63, 3.8) is 0 Å². The maximum Gasteiger partial charge on any atom is 2.00 e. The summed E-state index contributed by atoms with van der Waals surface area (Å²) in [6.45, 7) is 3.19. The van der Waals surface area contributed by atoms with Crippen molar-refractivity contribution in [3.8, 4) is 11.5 Å². The molecular formula is C34H24BaN6O12S2. The standard InChI is InChI=1S/2C17H13N3O6S.Ba/c2*1-10-9-12(20(22)23)6-7-13(10)18-19-17-14(21)8-5-11-3-2-4-15(16(11)17)27(24,25)26;/h2*2-9,21H,1H3,(H,24,25,26);/q;;+2/p-2. The van der Waals surface area contributed by atoms with Gasteiger partial charge in [-0.05, 0) is 72.1 Å². The molecule has 6 aromatic rings. The van der Waals surface area contributed by atoms with E-state index >= 15 is 0 Å². The van der Waals surface area contributed by atoms with E-state index in [0.717, 1.165) is 12.1 Å². The van der Waals surface area contributed by atoms with Crippen molar-refractivity contribution < 1.29 is 46.0 Å². The molecule has 21 heteroatoms. The molecule has 2 N–H and O–H groups in total. The van der Waals surface area contributed by atoms with E-state index in [9.17, 15) is 56.4 Å². The van der Waals surface area contributed by atoms with E-state index in [2.05, 4.69) is 20.5 Å². The summed E-state index contributed by atoms with van der Waals surface area (Å²) in [6, 6.07) is 21.6. The van der Waals surface area contributed by atoms with Crippen LogP contribution in [0.25, 0.3) is 21.5 Å². The minimum absolute atomic E-state index is 0. The number of phenolic OH excluding ortho intramolecular Hbond substituents is 2. The number of azo groups is 2. The Bertz CT molecular complexity index is 2610. The van der Waals surface area contributed by atoms with Crippen molar-refractivity contribution in [2.45, 2.75) is 23.6 Å². The normalized spacial score (nSPS) is 11.7. The van der Waals surface area contributed by atoms with E-state index in [1.54, 1.807) is 26.0 Å². The summed E-state index contributed by atoms with van der Waals surface area (Å²) in [7, 11) is -9.63. The van der Waals surface area contributed by atoms with E-state index in [1.807, 2.05) is 0 Å². The van der Waals surface area contributed by atoms with Gasteiger partial charge in [0.1, 0.15) is 43.1 Å². The van der Waals surface area contributed by atoms with Gasteiger partial charge in [0.25, 0.3) is 11.4 Å². The number of nitro groups is 2. The molecule has 0 aliphatic rings. The molecule has 55 heavy (non-hydrogen) atoms. The molecule has 0 saturated carbocycles. The number of rotatable bonds is 8. The number of aryl methyl sites for hydroxylation is 2. The van der Waals surface area contributed by atoms with Crippen LogP contribution in [0.2, 0.25) is 0 Å². The van der Waals surface area contributed by atoms with Gasteiger partial charge in [-0.25, -0.2) is 16.8 Å². The maximum absolute atomic E-state index is 11.6. The largest absolute Gasteiger partial charge is 2.00 e. The first-order chi connectivity index (χ1) is 25.4. The number of hydrogen-bond donors (Lipinski definition) is 2. The van der Waals surface area contributed by atoms with Crippen LogP contribution in [-0.4, -0.2) is 94.9 Å². The van der Waals surface area contributed by atoms with Crippen LogP contribution in [0.3, 0.4) is 0 Å². The Morgan fingerprint density at radius 3 is 1.22 bits per heavy atom.